The molecule has 1 aliphatic heterocycles. The molecule has 1 saturated carbocycles. The van der Waals surface area contributed by atoms with E-state index >= 15 is 0 Å². The number of nitrogens with two attached hydrogens (primary N) is 2. The van der Waals surface area contributed by atoms with E-state index in [1.165, 1.54) is 25.7 Å². The van der Waals surface area contributed by atoms with E-state index in [9.17, 15) is 4.79 Å². The predicted octanol–water partition coefficient (Wildman–Crippen LogP) is 1.78. The fraction of sp³-hybridized carbons (Fsp3) is 0.529. The molecule has 4 N–H and O–H groups in total. The SMILES string of the molecule is Cc1c(CN)cccc1C(=O)N=C(N)N1CCC2(CC1)CC2. The van der Waals surface area contributed by atoms with E-state index in [0.717, 1.165) is 24.2 Å². The summed E-state index contributed by atoms with van der Waals surface area (Å²) >= 11 is 0. The minimum Gasteiger partial charge on any atom is -0.369 e. The Balaban J connectivity index is 1.72. The lowest BCUT2D eigenvalue weighted by atomic mass is 9.94. The molecule has 0 bridgehead atoms. The van der Waals surface area contributed by atoms with Gasteiger partial charge in [-0.3, -0.25) is 4.79 Å². The summed E-state index contributed by atoms with van der Waals surface area (Å²) in [6.07, 6.45) is 5.03. The van der Waals surface area contributed by atoms with Gasteiger partial charge in [-0.25, -0.2) is 0 Å². The van der Waals surface area contributed by atoms with Crippen LogP contribution in [0.2, 0.25) is 0 Å². The number of benzene rings is 1. The van der Waals surface area contributed by atoms with Gasteiger partial charge in [-0.05, 0) is 55.2 Å². The van der Waals surface area contributed by atoms with Crippen molar-refractivity contribution in [2.24, 2.45) is 21.9 Å². The van der Waals surface area contributed by atoms with E-state index in [0.29, 0.717) is 23.5 Å². The topological polar surface area (TPSA) is 84.7 Å². The molecule has 118 valence electrons. The van der Waals surface area contributed by atoms with Crippen molar-refractivity contribution in [1.82, 2.24) is 4.90 Å². The van der Waals surface area contributed by atoms with Gasteiger partial charge in [0.2, 0.25) is 0 Å². The number of aliphatic imine (C=N–C) groups is 1. The van der Waals surface area contributed by atoms with Gasteiger partial charge >= 0.3 is 0 Å². The van der Waals surface area contributed by atoms with Crippen LogP contribution < -0.4 is 11.5 Å². The van der Waals surface area contributed by atoms with E-state index < -0.39 is 0 Å². The predicted molar refractivity (Wildman–Crippen MR) is 87.5 cm³/mol. The third kappa shape index (κ3) is 2.86. The van der Waals surface area contributed by atoms with Gasteiger partial charge in [0.15, 0.2) is 5.96 Å². The van der Waals surface area contributed by atoms with Gasteiger partial charge in [0, 0.05) is 25.2 Å². The fourth-order valence-electron chi connectivity index (χ4n) is 3.26. The molecule has 1 aromatic carbocycles. The minimum atomic E-state index is -0.281. The molecule has 5 nitrogen and oxygen atoms in total. The Morgan fingerprint density at radius 2 is 1.95 bits per heavy atom. The van der Waals surface area contributed by atoms with E-state index in [4.69, 9.17) is 11.5 Å². The number of likely N-dealkylation sites (tertiary alicyclic amines) is 1. The van der Waals surface area contributed by atoms with Gasteiger partial charge in [-0.15, -0.1) is 0 Å². The van der Waals surface area contributed by atoms with Crippen LogP contribution in [-0.4, -0.2) is 29.9 Å². The number of carbonyl (C=O) groups excluding carboxylic acids is 1. The molecule has 0 aromatic heterocycles. The lowest BCUT2D eigenvalue weighted by Crippen LogP contribution is -2.43. The van der Waals surface area contributed by atoms with Crippen molar-refractivity contribution < 1.29 is 4.79 Å². The van der Waals surface area contributed by atoms with Crippen LogP contribution in [0.4, 0.5) is 0 Å². The van der Waals surface area contributed by atoms with E-state index in [1.807, 2.05) is 24.0 Å². The quantitative estimate of drug-likeness (QED) is 0.644. The van der Waals surface area contributed by atoms with Crippen LogP contribution in [0.3, 0.4) is 0 Å². The second kappa shape index (κ2) is 5.72. The summed E-state index contributed by atoms with van der Waals surface area (Å²) in [6.45, 7) is 4.13. The van der Waals surface area contributed by atoms with Crippen molar-refractivity contribution in [1.29, 1.82) is 0 Å². The lowest BCUT2D eigenvalue weighted by Gasteiger charge is -2.32. The van der Waals surface area contributed by atoms with Crippen LogP contribution in [0.25, 0.3) is 0 Å². The fourth-order valence-corrected chi connectivity index (χ4v) is 3.26. The van der Waals surface area contributed by atoms with E-state index in [-0.39, 0.29) is 5.91 Å². The normalized spacial score (nSPS) is 20.3. The highest BCUT2D eigenvalue weighted by molar-refractivity contribution is 6.03. The van der Waals surface area contributed by atoms with Crippen molar-refractivity contribution >= 4 is 11.9 Å². The number of nitrogens with zero attached hydrogens (tertiary/aromatic N) is 2. The zero-order chi connectivity index (χ0) is 15.7. The number of amides is 1. The first-order chi connectivity index (χ1) is 10.5. The molecule has 2 aliphatic rings. The van der Waals surface area contributed by atoms with Crippen LogP contribution in [-0.2, 0) is 6.54 Å². The van der Waals surface area contributed by atoms with Gasteiger partial charge in [-0.1, -0.05) is 12.1 Å². The molecule has 0 atom stereocenters. The summed E-state index contributed by atoms with van der Waals surface area (Å²) in [7, 11) is 0. The average molecular weight is 300 g/mol. The Hall–Kier alpha value is -1.88. The largest absolute Gasteiger partial charge is 0.369 e. The highest BCUT2D eigenvalue weighted by atomic mass is 16.1. The molecule has 3 rings (SSSR count). The summed E-state index contributed by atoms with van der Waals surface area (Å²) in [6, 6.07) is 5.55. The lowest BCUT2D eigenvalue weighted by molar-refractivity contribution is 0.0999. The second-order valence-corrected chi connectivity index (χ2v) is 6.56. The molecule has 2 fully saturated rings. The average Bonchev–Trinajstić information content (AvgIpc) is 3.27. The molecule has 0 radical (unpaired) electrons. The first kappa shape index (κ1) is 15.0. The molecular formula is C17H24N4O. The molecule has 22 heavy (non-hydrogen) atoms. The van der Waals surface area contributed by atoms with Crippen molar-refractivity contribution in [3.8, 4) is 0 Å². The molecule has 5 heteroatoms. The Morgan fingerprint density at radius 3 is 2.55 bits per heavy atom. The van der Waals surface area contributed by atoms with Crippen molar-refractivity contribution in [2.45, 2.75) is 39.2 Å². The Bertz CT molecular complexity index is 609. The van der Waals surface area contributed by atoms with Gasteiger partial charge in [0.25, 0.3) is 5.91 Å². The summed E-state index contributed by atoms with van der Waals surface area (Å²) in [5.41, 5.74) is 14.8. The third-order valence-corrected chi connectivity index (χ3v) is 5.22. The standard InChI is InChI=1S/C17H24N4O/c1-12-13(11-18)3-2-4-14(12)15(22)20-16(19)21-9-7-17(5-6-17)8-10-21/h2-4H,5-11,18H2,1H3,(H2,19,20,22). The zero-order valence-electron chi connectivity index (χ0n) is 13.1. The molecule has 1 amide bonds. The van der Waals surface area contributed by atoms with Crippen LogP contribution in [0.15, 0.2) is 23.2 Å². The number of hydrogen-bond donors (Lipinski definition) is 2. The highest BCUT2D eigenvalue weighted by Gasteiger charge is 2.44. The Labute approximate surface area is 131 Å². The summed E-state index contributed by atoms with van der Waals surface area (Å²) in [5.74, 6) is 0.0649. The molecule has 1 aliphatic carbocycles. The maximum absolute atomic E-state index is 12.4. The summed E-state index contributed by atoms with van der Waals surface area (Å²) < 4.78 is 0. The van der Waals surface area contributed by atoms with Crippen LogP contribution in [0, 0.1) is 12.3 Å². The number of guanidine groups is 1. The van der Waals surface area contributed by atoms with Gasteiger partial charge in [0.05, 0.1) is 0 Å². The van der Waals surface area contributed by atoms with E-state index in [2.05, 4.69) is 4.99 Å². The summed E-state index contributed by atoms with van der Waals surface area (Å²) in [5, 5.41) is 0. The molecule has 1 heterocycles. The smallest absolute Gasteiger partial charge is 0.280 e. The van der Waals surface area contributed by atoms with E-state index in [1.54, 1.807) is 6.07 Å². The molecule has 0 unspecified atom stereocenters. The molecular weight excluding hydrogens is 276 g/mol. The maximum Gasteiger partial charge on any atom is 0.280 e. The van der Waals surface area contributed by atoms with Crippen molar-refractivity contribution in [2.75, 3.05) is 13.1 Å². The van der Waals surface area contributed by atoms with Crippen LogP contribution in [0.1, 0.15) is 47.2 Å². The van der Waals surface area contributed by atoms with Gasteiger partial charge in [-0.2, -0.15) is 4.99 Å². The first-order valence-electron chi connectivity index (χ1n) is 7.97. The van der Waals surface area contributed by atoms with Crippen molar-refractivity contribution in [3.63, 3.8) is 0 Å². The maximum atomic E-state index is 12.4. The third-order valence-electron chi connectivity index (χ3n) is 5.22. The number of carbonyl (C=O) groups is 1. The second-order valence-electron chi connectivity index (χ2n) is 6.56. The number of rotatable bonds is 2. The Kier molecular flexibility index (Phi) is 3.91. The summed E-state index contributed by atoms with van der Waals surface area (Å²) in [4.78, 5) is 18.5. The van der Waals surface area contributed by atoms with Crippen molar-refractivity contribution in [3.05, 3.63) is 34.9 Å². The number of piperidine rings is 1. The first-order valence-corrected chi connectivity index (χ1v) is 7.97. The molecule has 1 aromatic rings. The van der Waals surface area contributed by atoms with Gasteiger partial charge < -0.3 is 16.4 Å². The number of hydrogen-bond acceptors (Lipinski definition) is 2. The molecule has 1 spiro atoms. The Morgan fingerprint density at radius 1 is 1.27 bits per heavy atom. The van der Waals surface area contributed by atoms with Crippen LogP contribution >= 0.6 is 0 Å². The minimum absolute atomic E-state index is 0.281. The molecule has 1 saturated heterocycles. The van der Waals surface area contributed by atoms with Gasteiger partial charge in [0.1, 0.15) is 0 Å². The monoisotopic (exact) mass is 300 g/mol. The van der Waals surface area contributed by atoms with Crippen LogP contribution in [0.5, 0.6) is 0 Å². The highest BCUT2D eigenvalue weighted by Crippen LogP contribution is 2.53. The zero-order valence-corrected chi connectivity index (χ0v) is 13.1.